The Morgan fingerprint density at radius 2 is 2.44 bits per heavy atom. The van der Waals surface area contributed by atoms with Crippen LogP contribution in [0.1, 0.15) is 19.8 Å². The molecule has 2 atom stereocenters. The van der Waals surface area contributed by atoms with E-state index in [0.29, 0.717) is 32.2 Å². The second-order valence-corrected chi connectivity index (χ2v) is 3.88. The third-order valence-corrected chi connectivity index (χ3v) is 2.55. The number of ether oxygens (including phenoxy) is 3. The van der Waals surface area contributed by atoms with Crippen LogP contribution in [0.25, 0.3) is 0 Å². The highest BCUT2D eigenvalue weighted by Crippen LogP contribution is 2.12. The lowest BCUT2D eigenvalue weighted by Crippen LogP contribution is -2.26. The van der Waals surface area contributed by atoms with Gasteiger partial charge in [-0.2, -0.15) is 0 Å². The Kier molecular flexibility index (Phi) is 6.37. The maximum atomic E-state index is 10.7. The van der Waals surface area contributed by atoms with Crippen LogP contribution in [0.4, 0.5) is 0 Å². The molecule has 0 aromatic rings. The van der Waals surface area contributed by atoms with Crippen LogP contribution in [0.15, 0.2) is 0 Å². The minimum absolute atomic E-state index is 0.400. The normalized spacial score (nSPS) is 22.2. The van der Waals surface area contributed by atoms with Crippen LogP contribution in [-0.2, 0) is 19.0 Å². The molecule has 5 nitrogen and oxygen atoms in total. The van der Waals surface area contributed by atoms with Crippen LogP contribution < -0.4 is 0 Å². The van der Waals surface area contributed by atoms with Gasteiger partial charge in [0.2, 0.25) is 0 Å². The minimum atomic E-state index is -0.922. The molecule has 0 aliphatic carbocycles. The Labute approximate surface area is 95.7 Å². The first-order chi connectivity index (χ1) is 7.74. The molecular formula is C11H20O5. The van der Waals surface area contributed by atoms with Gasteiger partial charge in [0.1, 0.15) is 0 Å². The molecule has 0 spiro atoms. The van der Waals surface area contributed by atoms with Gasteiger partial charge >= 0.3 is 5.97 Å². The number of rotatable bonds is 8. The molecule has 1 heterocycles. The summed E-state index contributed by atoms with van der Waals surface area (Å²) in [5.74, 6) is -0.454. The lowest BCUT2D eigenvalue weighted by atomic mass is 10.1. The van der Waals surface area contributed by atoms with E-state index in [-0.39, 0.29) is 0 Å². The molecule has 0 amide bonds. The monoisotopic (exact) mass is 232 g/mol. The van der Waals surface area contributed by atoms with E-state index in [1.807, 2.05) is 0 Å². The maximum Gasteiger partial charge on any atom is 0.332 e. The molecule has 0 radical (unpaired) electrons. The third kappa shape index (κ3) is 4.92. The summed E-state index contributed by atoms with van der Waals surface area (Å²) >= 11 is 0. The number of hydrogen-bond donors (Lipinski definition) is 1. The van der Waals surface area contributed by atoms with Crippen LogP contribution in [0.3, 0.4) is 0 Å². The average Bonchev–Trinajstić information content (AvgIpc) is 2.75. The molecule has 1 aliphatic rings. The molecule has 2 unspecified atom stereocenters. The molecule has 1 rings (SSSR count). The molecule has 0 aromatic carbocycles. The van der Waals surface area contributed by atoms with E-state index in [0.717, 1.165) is 19.6 Å². The van der Waals surface area contributed by atoms with Crippen LogP contribution in [-0.4, -0.2) is 50.2 Å². The van der Waals surface area contributed by atoms with Crippen molar-refractivity contribution in [3.05, 3.63) is 0 Å². The molecule has 5 heteroatoms. The highest BCUT2D eigenvalue weighted by Gasteiger charge is 2.18. The van der Waals surface area contributed by atoms with Crippen LogP contribution in [0, 0.1) is 5.92 Å². The number of aliphatic carboxylic acids is 1. The van der Waals surface area contributed by atoms with Gasteiger partial charge in [-0.25, -0.2) is 4.79 Å². The van der Waals surface area contributed by atoms with E-state index in [9.17, 15) is 4.79 Å². The second-order valence-electron chi connectivity index (χ2n) is 3.88. The fourth-order valence-electron chi connectivity index (χ4n) is 1.63. The molecule has 1 N–H and O–H groups in total. The SMILES string of the molecule is CCOC(CCOCC1CCOC1)C(=O)O. The standard InChI is InChI=1S/C11H20O5/c1-2-16-10(11(12)13)4-6-15-8-9-3-5-14-7-9/h9-10H,2-8H2,1H3,(H,12,13). The first-order valence-electron chi connectivity index (χ1n) is 5.74. The van der Waals surface area contributed by atoms with Gasteiger partial charge in [-0.1, -0.05) is 0 Å². The van der Waals surface area contributed by atoms with Crippen molar-refractivity contribution in [1.29, 1.82) is 0 Å². The van der Waals surface area contributed by atoms with Crippen LogP contribution in [0.5, 0.6) is 0 Å². The molecule has 94 valence electrons. The van der Waals surface area contributed by atoms with Crippen molar-refractivity contribution in [1.82, 2.24) is 0 Å². The van der Waals surface area contributed by atoms with Crippen molar-refractivity contribution in [2.45, 2.75) is 25.9 Å². The van der Waals surface area contributed by atoms with Gasteiger partial charge in [0, 0.05) is 32.2 Å². The molecule has 1 saturated heterocycles. The summed E-state index contributed by atoms with van der Waals surface area (Å²) in [5, 5.41) is 8.81. The Morgan fingerprint density at radius 3 is 3.00 bits per heavy atom. The summed E-state index contributed by atoms with van der Waals surface area (Å²) in [6, 6.07) is 0. The zero-order valence-electron chi connectivity index (χ0n) is 9.68. The average molecular weight is 232 g/mol. The Morgan fingerprint density at radius 1 is 1.62 bits per heavy atom. The largest absolute Gasteiger partial charge is 0.479 e. The van der Waals surface area contributed by atoms with Crippen LogP contribution in [0.2, 0.25) is 0 Å². The van der Waals surface area contributed by atoms with Gasteiger partial charge < -0.3 is 19.3 Å². The summed E-state index contributed by atoms with van der Waals surface area (Å²) in [7, 11) is 0. The van der Waals surface area contributed by atoms with E-state index in [1.165, 1.54) is 0 Å². The van der Waals surface area contributed by atoms with Crippen LogP contribution >= 0.6 is 0 Å². The quantitative estimate of drug-likeness (QED) is 0.630. The van der Waals surface area contributed by atoms with E-state index < -0.39 is 12.1 Å². The Hall–Kier alpha value is -0.650. The van der Waals surface area contributed by atoms with Gasteiger partial charge in [-0.05, 0) is 13.3 Å². The zero-order valence-corrected chi connectivity index (χ0v) is 9.68. The highest BCUT2D eigenvalue weighted by molar-refractivity contribution is 5.72. The van der Waals surface area contributed by atoms with Crippen molar-refractivity contribution in [3.63, 3.8) is 0 Å². The zero-order chi connectivity index (χ0) is 11.8. The van der Waals surface area contributed by atoms with E-state index in [1.54, 1.807) is 6.92 Å². The van der Waals surface area contributed by atoms with Crippen molar-refractivity contribution < 1.29 is 24.1 Å². The molecule has 1 aliphatic heterocycles. The van der Waals surface area contributed by atoms with E-state index in [4.69, 9.17) is 19.3 Å². The first-order valence-corrected chi connectivity index (χ1v) is 5.74. The lowest BCUT2D eigenvalue weighted by Gasteiger charge is -2.13. The van der Waals surface area contributed by atoms with Gasteiger partial charge in [-0.15, -0.1) is 0 Å². The molecule has 0 bridgehead atoms. The highest BCUT2D eigenvalue weighted by atomic mass is 16.5. The molecule has 16 heavy (non-hydrogen) atoms. The topological polar surface area (TPSA) is 65.0 Å². The van der Waals surface area contributed by atoms with Gasteiger partial charge in [0.05, 0.1) is 13.2 Å². The predicted molar refractivity (Wildman–Crippen MR) is 57.4 cm³/mol. The number of carboxylic acid groups (broad SMARTS) is 1. The Bertz CT molecular complexity index is 201. The van der Waals surface area contributed by atoms with Gasteiger partial charge in [0.15, 0.2) is 6.10 Å². The lowest BCUT2D eigenvalue weighted by molar-refractivity contribution is -0.151. The van der Waals surface area contributed by atoms with Crippen molar-refractivity contribution in [2.24, 2.45) is 5.92 Å². The van der Waals surface area contributed by atoms with E-state index >= 15 is 0 Å². The minimum Gasteiger partial charge on any atom is -0.479 e. The molecular weight excluding hydrogens is 212 g/mol. The summed E-state index contributed by atoms with van der Waals surface area (Å²) in [6.07, 6.45) is 0.690. The molecule has 0 saturated carbocycles. The number of carbonyl (C=O) groups is 1. The summed E-state index contributed by atoms with van der Waals surface area (Å²) in [6.45, 7) is 4.84. The molecule has 1 fully saturated rings. The fourth-order valence-corrected chi connectivity index (χ4v) is 1.63. The van der Waals surface area contributed by atoms with Gasteiger partial charge in [-0.3, -0.25) is 0 Å². The second kappa shape index (κ2) is 7.60. The van der Waals surface area contributed by atoms with Crippen molar-refractivity contribution in [3.8, 4) is 0 Å². The van der Waals surface area contributed by atoms with Crippen molar-refractivity contribution in [2.75, 3.05) is 33.0 Å². The first kappa shape index (κ1) is 13.4. The smallest absolute Gasteiger partial charge is 0.332 e. The van der Waals surface area contributed by atoms with Crippen molar-refractivity contribution >= 4 is 5.97 Å². The molecule has 0 aromatic heterocycles. The fraction of sp³-hybridized carbons (Fsp3) is 0.909. The number of carboxylic acids is 1. The maximum absolute atomic E-state index is 10.7. The Balaban J connectivity index is 2.05. The van der Waals surface area contributed by atoms with E-state index in [2.05, 4.69) is 0 Å². The van der Waals surface area contributed by atoms with Gasteiger partial charge in [0.25, 0.3) is 0 Å². The summed E-state index contributed by atoms with van der Waals surface area (Å²) < 4.78 is 15.7. The predicted octanol–water partition coefficient (Wildman–Crippen LogP) is 0.919. The number of hydrogen-bond acceptors (Lipinski definition) is 4. The summed E-state index contributed by atoms with van der Waals surface area (Å²) in [4.78, 5) is 10.7. The third-order valence-electron chi connectivity index (χ3n) is 2.55. The summed E-state index contributed by atoms with van der Waals surface area (Å²) in [5.41, 5.74) is 0.